The van der Waals surface area contributed by atoms with Crippen molar-refractivity contribution in [3.05, 3.63) is 47.8 Å². The lowest BCUT2D eigenvalue weighted by Gasteiger charge is -2.29. The van der Waals surface area contributed by atoms with Crippen LogP contribution >= 0.6 is 0 Å². The molecule has 21 heavy (non-hydrogen) atoms. The number of carbonyl (C=O) groups excluding carboxylic acids is 1. The fourth-order valence-corrected chi connectivity index (χ4v) is 2.62. The Kier molecular flexibility index (Phi) is 3.64. The maximum atomic E-state index is 12.8. The summed E-state index contributed by atoms with van der Waals surface area (Å²) >= 11 is 0. The number of aromatic nitrogens is 2. The van der Waals surface area contributed by atoms with Crippen LogP contribution in [-0.4, -0.2) is 27.0 Å². The van der Waals surface area contributed by atoms with Gasteiger partial charge in [-0.3, -0.25) is 9.89 Å². The molecule has 0 aliphatic heterocycles. The number of aromatic amines is 1. The molecule has 1 amide bonds. The zero-order valence-electron chi connectivity index (χ0n) is 12.1. The Morgan fingerprint density at radius 3 is 2.71 bits per heavy atom. The van der Waals surface area contributed by atoms with Gasteiger partial charge in [0.1, 0.15) is 5.69 Å². The monoisotopic (exact) mass is 284 g/mol. The number of hydrogen-bond acceptors (Lipinski definition) is 3. The summed E-state index contributed by atoms with van der Waals surface area (Å²) in [5, 5.41) is 6.57. The van der Waals surface area contributed by atoms with Crippen molar-refractivity contribution in [3.8, 4) is 0 Å². The standard InChI is InChI=1S/C16H20N4O/c1-11(13-7-8-13)20(10-12-5-3-2-4-6-12)16(21)15-14(17)9-18-19-15/h2-6,9,11,13H,7-8,10,17H2,1H3,(H,18,19). The van der Waals surface area contributed by atoms with Gasteiger partial charge in [-0.15, -0.1) is 0 Å². The predicted molar refractivity (Wildman–Crippen MR) is 81.5 cm³/mol. The van der Waals surface area contributed by atoms with Crippen LogP contribution < -0.4 is 5.73 Å². The quantitative estimate of drug-likeness (QED) is 0.885. The van der Waals surface area contributed by atoms with Crippen LogP contribution in [-0.2, 0) is 6.54 Å². The second-order valence-electron chi connectivity index (χ2n) is 5.70. The summed E-state index contributed by atoms with van der Waals surface area (Å²) in [4.78, 5) is 14.7. The Bertz CT molecular complexity index is 618. The fraction of sp³-hybridized carbons (Fsp3) is 0.375. The lowest BCUT2D eigenvalue weighted by molar-refractivity contribution is 0.0649. The lowest BCUT2D eigenvalue weighted by Crippen LogP contribution is -2.39. The third-order valence-electron chi connectivity index (χ3n) is 4.13. The molecule has 1 heterocycles. The minimum atomic E-state index is -0.0757. The number of nitrogens with two attached hydrogens (primary N) is 1. The summed E-state index contributed by atoms with van der Waals surface area (Å²) in [6.07, 6.45) is 3.87. The highest BCUT2D eigenvalue weighted by atomic mass is 16.2. The lowest BCUT2D eigenvalue weighted by atomic mass is 10.1. The van der Waals surface area contributed by atoms with Crippen LogP contribution in [0.2, 0.25) is 0 Å². The molecule has 0 saturated heterocycles. The van der Waals surface area contributed by atoms with Crippen LogP contribution in [0.15, 0.2) is 36.5 Å². The Hall–Kier alpha value is -2.30. The largest absolute Gasteiger partial charge is 0.396 e. The smallest absolute Gasteiger partial charge is 0.274 e. The molecule has 1 unspecified atom stereocenters. The van der Waals surface area contributed by atoms with Gasteiger partial charge in [0.25, 0.3) is 5.91 Å². The topological polar surface area (TPSA) is 75.0 Å². The van der Waals surface area contributed by atoms with Crippen molar-refractivity contribution in [2.24, 2.45) is 5.92 Å². The van der Waals surface area contributed by atoms with Crippen molar-refractivity contribution in [3.63, 3.8) is 0 Å². The summed E-state index contributed by atoms with van der Waals surface area (Å²) in [7, 11) is 0. The van der Waals surface area contributed by atoms with Crippen LogP contribution in [0, 0.1) is 5.92 Å². The fourth-order valence-electron chi connectivity index (χ4n) is 2.62. The van der Waals surface area contributed by atoms with E-state index in [2.05, 4.69) is 17.1 Å². The van der Waals surface area contributed by atoms with E-state index in [0.29, 0.717) is 23.8 Å². The molecule has 1 atom stereocenters. The first-order valence-corrected chi connectivity index (χ1v) is 7.30. The number of H-pyrrole nitrogens is 1. The van der Waals surface area contributed by atoms with Gasteiger partial charge in [0, 0.05) is 12.6 Å². The van der Waals surface area contributed by atoms with E-state index >= 15 is 0 Å². The molecule has 1 aliphatic rings. The Morgan fingerprint density at radius 1 is 1.43 bits per heavy atom. The summed E-state index contributed by atoms with van der Waals surface area (Å²) in [5.74, 6) is 0.523. The first-order chi connectivity index (χ1) is 10.2. The molecule has 0 bridgehead atoms. The predicted octanol–water partition coefficient (Wildman–Crippen LogP) is 2.43. The second-order valence-corrected chi connectivity index (χ2v) is 5.70. The van der Waals surface area contributed by atoms with Crippen LogP contribution in [0.1, 0.15) is 35.8 Å². The molecule has 2 aromatic rings. The zero-order valence-corrected chi connectivity index (χ0v) is 12.1. The zero-order chi connectivity index (χ0) is 14.8. The second kappa shape index (κ2) is 5.60. The van der Waals surface area contributed by atoms with E-state index in [1.165, 1.54) is 19.0 Å². The van der Waals surface area contributed by atoms with Gasteiger partial charge in [0.05, 0.1) is 11.9 Å². The van der Waals surface area contributed by atoms with Crippen molar-refractivity contribution in [1.82, 2.24) is 15.1 Å². The van der Waals surface area contributed by atoms with Crippen molar-refractivity contribution >= 4 is 11.6 Å². The molecule has 1 fully saturated rings. The van der Waals surface area contributed by atoms with E-state index in [9.17, 15) is 4.79 Å². The van der Waals surface area contributed by atoms with Gasteiger partial charge in [-0.25, -0.2) is 0 Å². The Balaban J connectivity index is 1.85. The summed E-state index contributed by atoms with van der Waals surface area (Å²) < 4.78 is 0. The first kappa shape index (κ1) is 13.7. The molecular formula is C16H20N4O. The molecule has 110 valence electrons. The maximum absolute atomic E-state index is 12.8. The van der Waals surface area contributed by atoms with Gasteiger partial charge in [-0.2, -0.15) is 5.10 Å². The van der Waals surface area contributed by atoms with Crippen LogP contribution in [0.3, 0.4) is 0 Å². The minimum absolute atomic E-state index is 0.0757. The number of benzene rings is 1. The van der Waals surface area contributed by atoms with E-state index in [4.69, 9.17) is 5.73 Å². The van der Waals surface area contributed by atoms with E-state index in [1.807, 2.05) is 35.2 Å². The van der Waals surface area contributed by atoms with Crippen molar-refractivity contribution in [1.29, 1.82) is 0 Å². The van der Waals surface area contributed by atoms with Gasteiger partial charge in [-0.05, 0) is 31.2 Å². The molecule has 3 rings (SSSR count). The van der Waals surface area contributed by atoms with Gasteiger partial charge >= 0.3 is 0 Å². The number of nitrogen functional groups attached to an aromatic ring is 1. The number of anilines is 1. The number of nitrogens with zero attached hydrogens (tertiary/aromatic N) is 2. The summed E-state index contributed by atoms with van der Waals surface area (Å²) in [6.45, 7) is 2.71. The Morgan fingerprint density at radius 2 is 2.14 bits per heavy atom. The first-order valence-electron chi connectivity index (χ1n) is 7.30. The number of carbonyl (C=O) groups is 1. The average molecular weight is 284 g/mol. The highest BCUT2D eigenvalue weighted by molar-refractivity contribution is 5.97. The molecule has 5 heteroatoms. The molecular weight excluding hydrogens is 264 g/mol. The molecule has 1 saturated carbocycles. The molecule has 0 spiro atoms. The van der Waals surface area contributed by atoms with Gasteiger partial charge in [-0.1, -0.05) is 30.3 Å². The normalized spacial score (nSPS) is 15.7. The highest BCUT2D eigenvalue weighted by Gasteiger charge is 2.35. The average Bonchev–Trinajstić information content (AvgIpc) is 3.26. The molecule has 1 aliphatic carbocycles. The third-order valence-corrected chi connectivity index (χ3v) is 4.13. The SMILES string of the molecule is CC(C1CC1)N(Cc1ccccc1)C(=O)c1[nH]ncc1N. The van der Waals surface area contributed by atoms with E-state index in [-0.39, 0.29) is 11.9 Å². The van der Waals surface area contributed by atoms with Crippen LogP contribution in [0.25, 0.3) is 0 Å². The summed E-state index contributed by atoms with van der Waals surface area (Å²) in [6, 6.07) is 10.2. The third kappa shape index (κ3) is 2.91. The van der Waals surface area contributed by atoms with Gasteiger partial charge in [0.2, 0.25) is 0 Å². The highest BCUT2D eigenvalue weighted by Crippen LogP contribution is 2.36. The Labute approximate surface area is 124 Å². The van der Waals surface area contributed by atoms with Crippen molar-refractivity contribution < 1.29 is 4.79 Å². The van der Waals surface area contributed by atoms with Crippen LogP contribution in [0.4, 0.5) is 5.69 Å². The van der Waals surface area contributed by atoms with E-state index < -0.39 is 0 Å². The molecule has 1 aromatic carbocycles. The molecule has 5 nitrogen and oxygen atoms in total. The maximum Gasteiger partial charge on any atom is 0.274 e. The van der Waals surface area contributed by atoms with Crippen molar-refractivity contribution in [2.75, 3.05) is 5.73 Å². The van der Waals surface area contributed by atoms with Crippen molar-refractivity contribution in [2.45, 2.75) is 32.4 Å². The van der Waals surface area contributed by atoms with E-state index in [0.717, 1.165) is 5.56 Å². The number of hydrogen-bond donors (Lipinski definition) is 2. The van der Waals surface area contributed by atoms with Gasteiger partial charge < -0.3 is 10.6 Å². The number of nitrogens with one attached hydrogen (secondary N) is 1. The van der Waals surface area contributed by atoms with Gasteiger partial charge in [0.15, 0.2) is 0 Å². The number of amides is 1. The molecule has 3 N–H and O–H groups in total. The van der Waals surface area contributed by atoms with Crippen LogP contribution in [0.5, 0.6) is 0 Å². The molecule has 0 radical (unpaired) electrons. The van der Waals surface area contributed by atoms with E-state index in [1.54, 1.807) is 0 Å². The minimum Gasteiger partial charge on any atom is -0.396 e. The molecule has 1 aromatic heterocycles. The number of rotatable bonds is 5. The summed E-state index contributed by atoms with van der Waals surface area (Å²) in [5.41, 5.74) is 7.74.